The normalized spacial score (nSPS) is 24.8. The number of rotatable bonds is 7. The number of ether oxygens (including phenoxy) is 2. The topological polar surface area (TPSA) is 60.8 Å². The number of hydrogen-bond donors (Lipinski definition) is 1. The van der Waals surface area contributed by atoms with Crippen LogP contribution in [-0.4, -0.2) is 48.1 Å². The number of aliphatic hydroxyl groups is 1. The zero-order valence-electron chi connectivity index (χ0n) is 17.8. The first-order valence-corrected chi connectivity index (χ1v) is 10.7. The monoisotopic (exact) mass is 388 g/mol. The quantitative estimate of drug-likeness (QED) is 0.727. The molecule has 2 fully saturated rings. The van der Waals surface area contributed by atoms with Crippen molar-refractivity contribution < 1.29 is 19.2 Å². The Hall–Kier alpha value is -1.11. The van der Waals surface area contributed by atoms with Crippen molar-refractivity contribution >= 4 is 12.9 Å². The van der Waals surface area contributed by atoms with Crippen molar-refractivity contribution in [3.05, 3.63) is 18.3 Å². The van der Waals surface area contributed by atoms with Gasteiger partial charge in [-0.25, -0.2) is 4.98 Å². The van der Waals surface area contributed by atoms with Gasteiger partial charge in [0.05, 0.1) is 24.4 Å². The van der Waals surface area contributed by atoms with Crippen LogP contribution in [0.4, 0.5) is 0 Å². The van der Waals surface area contributed by atoms with Gasteiger partial charge < -0.3 is 19.2 Å². The fraction of sp³-hybridized carbons (Fsp3) is 0.773. The van der Waals surface area contributed by atoms with Crippen molar-refractivity contribution in [1.29, 1.82) is 0 Å². The molecule has 0 bridgehead atoms. The molecule has 5 nitrogen and oxygen atoms in total. The molecular weight excluding hydrogens is 353 g/mol. The average molecular weight is 388 g/mol. The van der Waals surface area contributed by atoms with E-state index in [2.05, 4.69) is 4.98 Å². The summed E-state index contributed by atoms with van der Waals surface area (Å²) in [6, 6.07) is 3.85. The van der Waals surface area contributed by atoms with Gasteiger partial charge in [-0.2, -0.15) is 0 Å². The van der Waals surface area contributed by atoms with E-state index < -0.39 is 11.2 Å². The standard InChI is InChI=1S/C22H35BNO4/c1-21(2,25)22(3,4)28-23-18-10-12-20(24-13-18)27-19-8-6-5-7-16(9-11-19)17-14-26-15-17/h10,12-13,16-17,19,25H,5-9,11,14-15H2,1-4H3. The van der Waals surface area contributed by atoms with Crippen molar-refractivity contribution in [2.45, 2.75) is 83.5 Å². The van der Waals surface area contributed by atoms with Gasteiger partial charge in [0.2, 0.25) is 5.88 Å². The van der Waals surface area contributed by atoms with Gasteiger partial charge in [0.1, 0.15) is 6.10 Å². The second-order valence-electron chi connectivity index (χ2n) is 9.39. The van der Waals surface area contributed by atoms with E-state index in [1.54, 1.807) is 27.5 Å². The average Bonchev–Trinajstić information content (AvgIpc) is 2.57. The first-order valence-electron chi connectivity index (χ1n) is 10.7. The molecule has 2 unspecified atom stereocenters. The minimum atomic E-state index is -0.943. The lowest BCUT2D eigenvalue weighted by Crippen LogP contribution is -2.49. The third-order valence-electron chi connectivity index (χ3n) is 6.55. The maximum Gasteiger partial charge on any atom is 0.332 e. The van der Waals surface area contributed by atoms with E-state index in [4.69, 9.17) is 14.1 Å². The largest absolute Gasteiger partial charge is 0.474 e. The highest BCUT2D eigenvalue weighted by molar-refractivity contribution is 6.46. The predicted octanol–water partition coefficient (Wildman–Crippen LogP) is 3.26. The maximum atomic E-state index is 10.2. The molecule has 1 aromatic rings. The molecule has 1 radical (unpaired) electrons. The SMILES string of the molecule is CC(C)(O)C(C)(C)O[B]c1ccc(OC2CCCCC(C3COC3)CC2)nc1. The van der Waals surface area contributed by atoms with Crippen molar-refractivity contribution in [3.63, 3.8) is 0 Å². The molecule has 2 atom stereocenters. The molecule has 3 rings (SSSR count). The van der Waals surface area contributed by atoms with Crippen LogP contribution in [0.2, 0.25) is 0 Å². The highest BCUT2D eigenvalue weighted by Crippen LogP contribution is 2.33. The van der Waals surface area contributed by atoms with Crippen LogP contribution < -0.4 is 10.2 Å². The Labute approximate surface area is 170 Å². The number of pyridine rings is 1. The molecule has 2 heterocycles. The Balaban J connectivity index is 1.49. The molecule has 1 N–H and O–H groups in total. The van der Waals surface area contributed by atoms with Crippen molar-refractivity contribution in [2.75, 3.05) is 13.2 Å². The van der Waals surface area contributed by atoms with Gasteiger partial charge in [-0.15, -0.1) is 0 Å². The molecule has 1 aliphatic heterocycles. The van der Waals surface area contributed by atoms with Crippen LogP contribution in [0.5, 0.6) is 5.88 Å². The van der Waals surface area contributed by atoms with Crippen LogP contribution in [0, 0.1) is 11.8 Å². The van der Waals surface area contributed by atoms with Crippen molar-refractivity contribution in [3.8, 4) is 5.88 Å². The Kier molecular flexibility index (Phi) is 7.05. The number of hydrogen-bond acceptors (Lipinski definition) is 5. The van der Waals surface area contributed by atoms with Crippen LogP contribution in [0.25, 0.3) is 0 Å². The van der Waals surface area contributed by atoms with Gasteiger partial charge >= 0.3 is 7.48 Å². The van der Waals surface area contributed by atoms with Crippen LogP contribution in [0.3, 0.4) is 0 Å². The summed E-state index contributed by atoms with van der Waals surface area (Å²) in [5.74, 6) is 2.23. The summed E-state index contributed by atoms with van der Waals surface area (Å²) in [6.07, 6.45) is 9.28. The molecule has 1 aliphatic carbocycles. The third kappa shape index (κ3) is 5.71. The van der Waals surface area contributed by atoms with E-state index in [-0.39, 0.29) is 6.10 Å². The van der Waals surface area contributed by atoms with Crippen LogP contribution in [0.1, 0.15) is 66.2 Å². The van der Waals surface area contributed by atoms with Gasteiger partial charge in [-0.05, 0) is 70.8 Å². The van der Waals surface area contributed by atoms with Gasteiger partial charge in [0.15, 0.2) is 0 Å². The van der Waals surface area contributed by atoms with E-state index in [0.717, 1.165) is 43.4 Å². The first-order chi connectivity index (χ1) is 13.2. The molecule has 0 amide bonds. The molecule has 155 valence electrons. The van der Waals surface area contributed by atoms with Crippen LogP contribution in [0.15, 0.2) is 18.3 Å². The molecule has 1 saturated heterocycles. The Morgan fingerprint density at radius 2 is 1.79 bits per heavy atom. The Bertz CT molecular complexity index is 610. The first kappa shape index (κ1) is 21.6. The van der Waals surface area contributed by atoms with E-state index in [0.29, 0.717) is 5.88 Å². The van der Waals surface area contributed by atoms with Crippen molar-refractivity contribution in [2.24, 2.45) is 11.8 Å². The van der Waals surface area contributed by atoms with Crippen LogP contribution >= 0.6 is 0 Å². The molecule has 0 spiro atoms. The lowest BCUT2D eigenvalue weighted by molar-refractivity contribution is -0.0893. The summed E-state index contributed by atoms with van der Waals surface area (Å²) < 4.78 is 17.4. The number of aromatic nitrogens is 1. The van der Waals surface area contributed by atoms with Gasteiger partial charge in [0.25, 0.3) is 0 Å². The van der Waals surface area contributed by atoms with Crippen molar-refractivity contribution in [1.82, 2.24) is 4.98 Å². The summed E-state index contributed by atoms with van der Waals surface area (Å²) in [5.41, 5.74) is -0.780. The second kappa shape index (κ2) is 9.14. The molecule has 1 saturated carbocycles. The Morgan fingerprint density at radius 1 is 1.04 bits per heavy atom. The highest BCUT2D eigenvalue weighted by atomic mass is 16.5. The highest BCUT2D eigenvalue weighted by Gasteiger charge is 2.35. The molecule has 1 aromatic heterocycles. The van der Waals surface area contributed by atoms with Gasteiger partial charge in [0, 0.05) is 12.1 Å². The predicted molar refractivity (Wildman–Crippen MR) is 111 cm³/mol. The Morgan fingerprint density at radius 3 is 2.39 bits per heavy atom. The summed E-state index contributed by atoms with van der Waals surface area (Å²) in [4.78, 5) is 4.46. The lowest BCUT2D eigenvalue weighted by atomic mass is 9.80. The molecular formula is C22H35BNO4. The molecule has 0 aromatic carbocycles. The van der Waals surface area contributed by atoms with E-state index in [9.17, 15) is 5.11 Å². The van der Waals surface area contributed by atoms with E-state index in [1.165, 1.54) is 25.7 Å². The van der Waals surface area contributed by atoms with E-state index >= 15 is 0 Å². The van der Waals surface area contributed by atoms with Gasteiger partial charge in [-0.1, -0.05) is 18.9 Å². The minimum absolute atomic E-state index is 0.247. The summed E-state index contributed by atoms with van der Waals surface area (Å²) >= 11 is 0. The third-order valence-corrected chi connectivity index (χ3v) is 6.55. The van der Waals surface area contributed by atoms with E-state index in [1.807, 2.05) is 26.0 Å². The summed E-state index contributed by atoms with van der Waals surface area (Å²) in [5, 5.41) is 10.2. The second-order valence-corrected chi connectivity index (χ2v) is 9.39. The molecule has 6 heteroatoms. The fourth-order valence-electron chi connectivity index (χ4n) is 3.64. The molecule has 2 aliphatic rings. The zero-order valence-corrected chi connectivity index (χ0v) is 17.8. The fourth-order valence-corrected chi connectivity index (χ4v) is 3.64. The lowest BCUT2D eigenvalue weighted by Gasteiger charge is -2.37. The summed E-state index contributed by atoms with van der Waals surface area (Å²) in [7, 11) is 1.65. The van der Waals surface area contributed by atoms with Gasteiger partial charge in [-0.3, -0.25) is 0 Å². The zero-order chi connectivity index (χ0) is 20.2. The minimum Gasteiger partial charge on any atom is -0.474 e. The summed E-state index contributed by atoms with van der Waals surface area (Å²) in [6.45, 7) is 9.11. The number of nitrogens with zero attached hydrogens (tertiary/aromatic N) is 1. The molecule has 28 heavy (non-hydrogen) atoms. The van der Waals surface area contributed by atoms with Crippen LogP contribution in [-0.2, 0) is 9.39 Å². The smallest absolute Gasteiger partial charge is 0.332 e. The maximum absolute atomic E-state index is 10.2.